The summed E-state index contributed by atoms with van der Waals surface area (Å²) in [5.74, 6) is 0.698. The van der Waals surface area contributed by atoms with Crippen LogP contribution >= 0.6 is 0 Å². The van der Waals surface area contributed by atoms with Crippen LogP contribution in [0.25, 0.3) is 0 Å². The molecule has 0 radical (unpaired) electrons. The number of nitrogen functional groups attached to an aromatic ring is 1. The summed E-state index contributed by atoms with van der Waals surface area (Å²) in [6.45, 7) is 1.75. The summed E-state index contributed by atoms with van der Waals surface area (Å²) in [4.78, 5) is 1.67. The van der Waals surface area contributed by atoms with Crippen molar-refractivity contribution in [1.82, 2.24) is 9.78 Å². The maximum atomic E-state index is 11.4. The number of aromatic nitrogens is 2. The van der Waals surface area contributed by atoms with Gasteiger partial charge in [0.2, 0.25) is 0 Å². The van der Waals surface area contributed by atoms with Gasteiger partial charge in [0.15, 0.2) is 15.7 Å². The van der Waals surface area contributed by atoms with Crippen LogP contribution in [0.2, 0.25) is 0 Å². The molecule has 1 aromatic heterocycles. The van der Waals surface area contributed by atoms with Crippen molar-refractivity contribution in [2.24, 2.45) is 0 Å². The van der Waals surface area contributed by atoms with Gasteiger partial charge in [-0.1, -0.05) is 6.92 Å². The van der Waals surface area contributed by atoms with Crippen molar-refractivity contribution in [3.8, 4) is 6.07 Å². The monoisotopic (exact) mass is 271 g/mol. The Hall–Kier alpha value is -1.75. The summed E-state index contributed by atoms with van der Waals surface area (Å²) in [7, 11) is 0.414. The van der Waals surface area contributed by atoms with E-state index in [1.54, 1.807) is 25.9 Å². The SMILES string of the molecule is CCS(=O)(=O)CCn1nc(N(C)C)c(C#N)c1N. The predicted molar refractivity (Wildman–Crippen MR) is 70.0 cm³/mol. The highest BCUT2D eigenvalue weighted by atomic mass is 32.2. The molecule has 1 rings (SSSR count). The molecular weight excluding hydrogens is 254 g/mol. The van der Waals surface area contributed by atoms with Crippen LogP contribution in [0.15, 0.2) is 0 Å². The number of nitriles is 1. The molecule has 0 atom stereocenters. The highest BCUT2D eigenvalue weighted by Crippen LogP contribution is 2.22. The van der Waals surface area contributed by atoms with Gasteiger partial charge in [0.1, 0.15) is 17.5 Å². The Labute approximate surface area is 107 Å². The molecule has 0 aliphatic carbocycles. The molecule has 0 saturated carbocycles. The van der Waals surface area contributed by atoms with Gasteiger partial charge in [0.05, 0.1) is 12.3 Å². The summed E-state index contributed by atoms with van der Waals surface area (Å²) >= 11 is 0. The first-order valence-electron chi connectivity index (χ1n) is 5.46. The zero-order chi connectivity index (χ0) is 13.9. The first-order chi connectivity index (χ1) is 8.32. The van der Waals surface area contributed by atoms with Gasteiger partial charge in [-0.2, -0.15) is 10.4 Å². The molecule has 0 aliphatic heterocycles. The zero-order valence-electron chi connectivity index (χ0n) is 10.7. The van der Waals surface area contributed by atoms with Crippen LogP contribution in [0.5, 0.6) is 0 Å². The molecule has 1 aromatic rings. The third-order valence-corrected chi connectivity index (χ3v) is 4.25. The number of nitrogens with two attached hydrogens (primary N) is 1. The number of nitrogens with zero attached hydrogens (tertiary/aromatic N) is 4. The molecule has 7 nitrogen and oxygen atoms in total. The topological polar surface area (TPSA) is 105 Å². The Bertz CT molecular complexity index is 568. The number of hydrogen-bond acceptors (Lipinski definition) is 6. The maximum absolute atomic E-state index is 11.4. The fraction of sp³-hybridized carbons (Fsp3) is 0.600. The first kappa shape index (κ1) is 14.3. The van der Waals surface area contributed by atoms with E-state index in [0.29, 0.717) is 5.82 Å². The lowest BCUT2D eigenvalue weighted by atomic mass is 10.3. The quantitative estimate of drug-likeness (QED) is 0.797. The number of hydrogen-bond donors (Lipinski definition) is 1. The summed E-state index contributed by atoms with van der Waals surface area (Å²) in [6.07, 6.45) is 0. The molecule has 18 heavy (non-hydrogen) atoms. The van der Waals surface area contributed by atoms with E-state index in [1.165, 1.54) is 4.68 Å². The first-order valence-corrected chi connectivity index (χ1v) is 7.28. The van der Waals surface area contributed by atoms with E-state index >= 15 is 0 Å². The third-order valence-electron chi connectivity index (χ3n) is 2.56. The van der Waals surface area contributed by atoms with Crippen LogP contribution in [-0.2, 0) is 16.4 Å². The molecule has 100 valence electrons. The minimum absolute atomic E-state index is 0.0346. The molecule has 0 unspecified atom stereocenters. The molecular formula is C10H17N5O2S. The normalized spacial score (nSPS) is 11.2. The largest absolute Gasteiger partial charge is 0.383 e. The Morgan fingerprint density at radius 3 is 2.50 bits per heavy atom. The highest BCUT2D eigenvalue weighted by molar-refractivity contribution is 7.91. The van der Waals surface area contributed by atoms with Crippen LogP contribution < -0.4 is 10.6 Å². The maximum Gasteiger partial charge on any atom is 0.170 e. The van der Waals surface area contributed by atoms with Crippen LogP contribution in [0, 0.1) is 11.3 Å². The van der Waals surface area contributed by atoms with Crippen molar-refractivity contribution in [1.29, 1.82) is 5.26 Å². The lowest BCUT2D eigenvalue weighted by Crippen LogP contribution is -2.17. The molecule has 0 spiro atoms. The average Bonchev–Trinajstić information content (AvgIpc) is 2.63. The van der Waals surface area contributed by atoms with Crippen molar-refractivity contribution >= 4 is 21.5 Å². The van der Waals surface area contributed by atoms with Crippen LogP contribution in [-0.4, -0.2) is 43.8 Å². The van der Waals surface area contributed by atoms with Gasteiger partial charge in [-0.25, -0.2) is 13.1 Å². The molecule has 1 heterocycles. The van der Waals surface area contributed by atoms with Gasteiger partial charge in [0, 0.05) is 19.8 Å². The molecule has 8 heteroatoms. The Kier molecular flexibility index (Phi) is 4.19. The number of rotatable bonds is 5. The van der Waals surface area contributed by atoms with Crippen molar-refractivity contribution in [2.45, 2.75) is 13.5 Å². The van der Waals surface area contributed by atoms with Crippen LogP contribution in [0.1, 0.15) is 12.5 Å². The fourth-order valence-corrected chi connectivity index (χ4v) is 2.16. The van der Waals surface area contributed by atoms with Gasteiger partial charge in [-0.05, 0) is 0 Å². The van der Waals surface area contributed by atoms with Crippen molar-refractivity contribution in [2.75, 3.05) is 36.2 Å². The molecule has 0 bridgehead atoms. The van der Waals surface area contributed by atoms with Gasteiger partial charge in [0.25, 0.3) is 0 Å². The molecule has 0 amide bonds. The molecule has 2 N–H and O–H groups in total. The predicted octanol–water partition coefficient (Wildman–Crippen LogP) is -0.162. The summed E-state index contributed by atoms with van der Waals surface area (Å²) < 4.78 is 24.2. The van der Waals surface area contributed by atoms with Crippen LogP contribution in [0.4, 0.5) is 11.6 Å². The van der Waals surface area contributed by atoms with E-state index in [1.807, 2.05) is 6.07 Å². The number of aryl methyl sites for hydroxylation is 1. The minimum Gasteiger partial charge on any atom is -0.383 e. The van der Waals surface area contributed by atoms with Crippen molar-refractivity contribution < 1.29 is 8.42 Å². The lowest BCUT2D eigenvalue weighted by molar-refractivity contribution is 0.583. The Balaban J connectivity index is 3.02. The van der Waals surface area contributed by atoms with Gasteiger partial charge >= 0.3 is 0 Å². The second kappa shape index (κ2) is 5.27. The highest BCUT2D eigenvalue weighted by Gasteiger charge is 2.18. The molecule has 0 fully saturated rings. The van der Waals surface area contributed by atoms with Crippen molar-refractivity contribution in [3.05, 3.63) is 5.56 Å². The van der Waals surface area contributed by atoms with E-state index < -0.39 is 9.84 Å². The summed E-state index contributed by atoms with van der Waals surface area (Å²) in [5.41, 5.74) is 6.05. The summed E-state index contributed by atoms with van der Waals surface area (Å²) in [6, 6.07) is 1.98. The minimum atomic E-state index is -3.08. The van der Waals surface area contributed by atoms with Crippen molar-refractivity contribution in [3.63, 3.8) is 0 Å². The Morgan fingerprint density at radius 1 is 1.50 bits per heavy atom. The number of sulfone groups is 1. The zero-order valence-corrected chi connectivity index (χ0v) is 11.5. The molecule has 0 saturated heterocycles. The smallest absolute Gasteiger partial charge is 0.170 e. The lowest BCUT2D eigenvalue weighted by Gasteiger charge is -2.07. The Morgan fingerprint density at radius 2 is 2.11 bits per heavy atom. The van der Waals surface area contributed by atoms with E-state index in [4.69, 9.17) is 11.0 Å². The average molecular weight is 271 g/mol. The van der Waals surface area contributed by atoms with E-state index in [0.717, 1.165) is 0 Å². The number of anilines is 2. The van der Waals surface area contributed by atoms with Crippen LogP contribution in [0.3, 0.4) is 0 Å². The van der Waals surface area contributed by atoms with Gasteiger partial charge < -0.3 is 10.6 Å². The third kappa shape index (κ3) is 2.92. The fourth-order valence-electron chi connectivity index (χ4n) is 1.42. The van der Waals surface area contributed by atoms with E-state index in [2.05, 4.69) is 5.10 Å². The van der Waals surface area contributed by atoms with Gasteiger partial charge in [-0.15, -0.1) is 0 Å². The van der Waals surface area contributed by atoms with E-state index in [-0.39, 0.29) is 29.4 Å². The van der Waals surface area contributed by atoms with Gasteiger partial charge in [-0.3, -0.25) is 0 Å². The summed E-state index contributed by atoms with van der Waals surface area (Å²) in [5, 5.41) is 13.2. The standard InChI is InChI=1S/C10H17N5O2S/c1-4-18(16,17)6-5-15-9(12)8(7-11)10(13-15)14(2)3/h4-6,12H2,1-3H3. The second-order valence-electron chi connectivity index (χ2n) is 4.05. The molecule has 0 aliphatic rings. The second-order valence-corrected chi connectivity index (χ2v) is 6.52. The molecule has 0 aromatic carbocycles. The van der Waals surface area contributed by atoms with E-state index in [9.17, 15) is 8.42 Å².